The summed E-state index contributed by atoms with van der Waals surface area (Å²) in [5.41, 5.74) is 6.08. The Labute approximate surface area is 220 Å². The van der Waals surface area contributed by atoms with Crippen molar-refractivity contribution < 1.29 is 4.74 Å². The number of hydrogen-bond donors (Lipinski definition) is 1. The number of aromatic nitrogens is 4. The minimum absolute atomic E-state index is 0.513. The summed E-state index contributed by atoms with van der Waals surface area (Å²) in [7, 11) is 0. The van der Waals surface area contributed by atoms with Gasteiger partial charge in [-0.3, -0.25) is 5.10 Å². The van der Waals surface area contributed by atoms with Crippen LogP contribution in [-0.2, 0) is 6.61 Å². The van der Waals surface area contributed by atoms with Gasteiger partial charge in [0.25, 0.3) is 0 Å². The van der Waals surface area contributed by atoms with Gasteiger partial charge in [-0.15, -0.1) is 0 Å². The van der Waals surface area contributed by atoms with Crippen LogP contribution < -0.4 is 14.5 Å². The van der Waals surface area contributed by atoms with Crippen molar-refractivity contribution in [3.05, 3.63) is 95.3 Å². The normalized spacial score (nSPS) is 13.8. The van der Waals surface area contributed by atoms with E-state index in [-0.39, 0.29) is 0 Å². The molecule has 8 heteroatoms. The highest BCUT2D eigenvalue weighted by Gasteiger charge is 2.24. The molecule has 0 radical (unpaired) electrons. The van der Waals surface area contributed by atoms with Crippen LogP contribution in [0.15, 0.2) is 79.1 Å². The second kappa shape index (κ2) is 10.1. The van der Waals surface area contributed by atoms with Gasteiger partial charge in [-0.2, -0.15) is 5.10 Å². The van der Waals surface area contributed by atoms with E-state index in [2.05, 4.69) is 62.2 Å². The number of anilines is 2. The zero-order valence-electron chi connectivity index (χ0n) is 20.6. The molecule has 0 atom stereocenters. The number of nitrogens with one attached hydrogen (secondary N) is 1. The molecule has 1 aliphatic rings. The first kappa shape index (κ1) is 23.3. The number of aromatic amines is 1. The molecule has 0 bridgehead atoms. The van der Waals surface area contributed by atoms with Gasteiger partial charge in [-0.05, 0) is 42.3 Å². The van der Waals surface area contributed by atoms with Gasteiger partial charge in [0.2, 0.25) is 0 Å². The number of ether oxygens (including phenoxy) is 1. The highest BCUT2D eigenvalue weighted by molar-refractivity contribution is 6.30. The van der Waals surface area contributed by atoms with E-state index in [9.17, 15) is 0 Å². The summed E-state index contributed by atoms with van der Waals surface area (Å²) in [4.78, 5) is 13.8. The summed E-state index contributed by atoms with van der Waals surface area (Å²) >= 11 is 6.28. The SMILES string of the molecule is Cc1ccc(Cl)cc1N1CCN(c2ncnc3n[nH]c(-c4cccc(OCc5ccccc5)c4)c23)CC1. The van der Waals surface area contributed by atoms with Gasteiger partial charge in [0.1, 0.15) is 24.5 Å². The number of nitrogens with zero attached hydrogens (tertiary/aromatic N) is 5. The van der Waals surface area contributed by atoms with Crippen LogP contribution in [0.5, 0.6) is 5.75 Å². The van der Waals surface area contributed by atoms with Gasteiger partial charge < -0.3 is 14.5 Å². The molecule has 0 unspecified atom stereocenters. The fourth-order valence-electron chi connectivity index (χ4n) is 4.85. The number of H-pyrrole nitrogens is 1. The number of aryl methyl sites for hydroxylation is 1. The molecule has 5 aromatic rings. The van der Waals surface area contributed by atoms with Crippen molar-refractivity contribution in [2.75, 3.05) is 36.0 Å². The van der Waals surface area contributed by atoms with Crippen LogP contribution in [0.4, 0.5) is 11.5 Å². The molecule has 7 nitrogen and oxygen atoms in total. The van der Waals surface area contributed by atoms with Crippen molar-refractivity contribution in [2.45, 2.75) is 13.5 Å². The molecule has 1 saturated heterocycles. The summed E-state index contributed by atoms with van der Waals surface area (Å²) in [5.74, 6) is 1.69. The molecular weight excluding hydrogens is 484 g/mol. The fraction of sp³-hybridized carbons (Fsp3) is 0.207. The molecule has 0 spiro atoms. The van der Waals surface area contributed by atoms with E-state index in [0.29, 0.717) is 12.3 Å². The Morgan fingerprint density at radius 3 is 2.54 bits per heavy atom. The molecule has 1 fully saturated rings. The largest absolute Gasteiger partial charge is 0.489 e. The Hall–Kier alpha value is -4.10. The Kier molecular flexibility index (Phi) is 6.37. The standard InChI is InChI=1S/C29H27ClN6O/c1-20-10-11-23(30)17-25(20)35-12-14-36(15-13-35)29-26-27(33-34-28(26)31-19-32-29)22-8-5-9-24(16-22)37-18-21-6-3-2-4-7-21/h2-11,16-17,19H,12-15,18H2,1H3,(H,31,32,33,34). The lowest BCUT2D eigenvalue weighted by Gasteiger charge is -2.37. The summed E-state index contributed by atoms with van der Waals surface area (Å²) in [6.07, 6.45) is 1.59. The summed E-state index contributed by atoms with van der Waals surface area (Å²) in [6.45, 7) is 6.07. The minimum atomic E-state index is 0.513. The molecule has 6 rings (SSSR count). The molecule has 1 N–H and O–H groups in total. The van der Waals surface area contributed by atoms with Crippen LogP contribution in [0.25, 0.3) is 22.3 Å². The third-order valence-corrected chi connectivity index (χ3v) is 7.03. The topological polar surface area (TPSA) is 70.2 Å². The van der Waals surface area contributed by atoms with Crippen molar-refractivity contribution in [1.82, 2.24) is 20.2 Å². The number of halogens is 1. The average Bonchev–Trinajstić information content (AvgIpc) is 3.39. The van der Waals surface area contributed by atoms with Crippen molar-refractivity contribution in [3.8, 4) is 17.0 Å². The smallest absolute Gasteiger partial charge is 0.186 e. The van der Waals surface area contributed by atoms with E-state index in [4.69, 9.17) is 21.3 Å². The number of fused-ring (bicyclic) bond motifs is 1. The van der Waals surface area contributed by atoms with E-state index in [0.717, 1.165) is 65.0 Å². The molecule has 0 amide bonds. The highest BCUT2D eigenvalue weighted by atomic mass is 35.5. The van der Waals surface area contributed by atoms with E-state index >= 15 is 0 Å². The average molecular weight is 511 g/mol. The molecule has 186 valence electrons. The Balaban J connectivity index is 1.25. The van der Waals surface area contributed by atoms with Crippen molar-refractivity contribution in [3.63, 3.8) is 0 Å². The maximum atomic E-state index is 6.28. The summed E-state index contributed by atoms with van der Waals surface area (Å²) in [5, 5.41) is 9.38. The monoisotopic (exact) mass is 510 g/mol. The first-order valence-corrected chi connectivity index (χ1v) is 12.8. The van der Waals surface area contributed by atoms with Crippen molar-refractivity contribution >= 4 is 34.1 Å². The molecular formula is C29H27ClN6O. The quantitative estimate of drug-likeness (QED) is 0.307. The highest BCUT2D eigenvalue weighted by Crippen LogP contribution is 2.34. The predicted molar refractivity (Wildman–Crippen MR) is 149 cm³/mol. The van der Waals surface area contributed by atoms with E-state index < -0.39 is 0 Å². The maximum Gasteiger partial charge on any atom is 0.186 e. The zero-order chi connectivity index (χ0) is 25.2. The Bertz CT molecular complexity index is 1530. The fourth-order valence-corrected chi connectivity index (χ4v) is 5.02. The minimum Gasteiger partial charge on any atom is -0.489 e. The third-order valence-electron chi connectivity index (χ3n) is 6.79. The second-order valence-corrected chi connectivity index (χ2v) is 9.64. The van der Waals surface area contributed by atoms with Crippen LogP contribution in [0.1, 0.15) is 11.1 Å². The predicted octanol–water partition coefficient (Wildman–Crippen LogP) is 5.89. The zero-order valence-corrected chi connectivity index (χ0v) is 21.3. The van der Waals surface area contributed by atoms with Crippen molar-refractivity contribution in [1.29, 1.82) is 0 Å². The van der Waals surface area contributed by atoms with Gasteiger partial charge in [-0.1, -0.05) is 60.1 Å². The second-order valence-electron chi connectivity index (χ2n) is 9.20. The van der Waals surface area contributed by atoms with Gasteiger partial charge in [-0.25, -0.2) is 9.97 Å². The number of rotatable bonds is 6. The maximum absolute atomic E-state index is 6.28. The van der Waals surface area contributed by atoms with E-state index in [1.807, 2.05) is 42.5 Å². The van der Waals surface area contributed by atoms with Crippen LogP contribution in [0.2, 0.25) is 5.02 Å². The molecule has 0 saturated carbocycles. The lowest BCUT2D eigenvalue weighted by molar-refractivity contribution is 0.306. The molecule has 2 aromatic heterocycles. The summed E-state index contributed by atoms with van der Waals surface area (Å²) in [6, 6.07) is 24.3. The van der Waals surface area contributed by atoms with Crippen molar-refractivity contribution in [2.24, 2.45) is 0 Å². The Morgan fingerprint density at radius 2 is 1.70 bits per heavy atom. The van der Waals surface area contributed by atoms with Crippen LogP contribution >= 0.6 is 11.6 Å². The summed E-state index contributed by atoms with van der Waals surface area (Å²) < 4.78 is 6.07. The number of hydrogen-bond acceptors (Lipinski definition) is 6. The molecule has 0 aliphatic carbocycles. The molecule has 3 heterocycles. The molecule has 37 heavy (non-hydrogen) atoms. The molecule has 3 aromatic carbocycles. The van der Waals surface area contributed by atoms with Gasteiger partial charge in [0, 0.05) is 42.5 Å². The Morgan fingerprint density at radius 1 is 0.892 bits per heavy atom. The van der Waals surface area contributed by atoms with Crippen LogP contribution in [-0.4, -0.2) is 46.3 Å². The van der Waals surface area contributed by atoms with E-state index in [1.165, 1.54) is 11.3 Å². The van der Waals surface area contributed by atoms with Crippen LogP contribution in [0, 0.1) is 6.92 Å². The first-order valence-electron chi connectivity index (χ1n) is 12.4. The number of benzene rings is 3. The van der Waals surface area contributed by atoms with E-state index in [1.54, 1.807) is 6.33 Å². The van der Waals surface area contributed by atoms with Gasteiger partial charge >= 0.3 is 0 Å². The lowest BCUT2D eigenvalue weighted by atomic mass is 10.1. The number of piperazine rings is 1. The van der Waals surface area contributed by atoms with Gasteiger partial charge in [0.15, 0.2) is 5.65 Å². The van der Waals surface area contributed by atoms with Crippen LogP contribution in [0.3, 0.4) is 0 Å². The lowest BCUT2D eigenvalue weighted by Crippen LogP contribution is -2.47. The molecule has 1 aliphatic heterocycles. The first-order chi connectivity index (χ1) is 18.2. The third kappa shape index (κ3) is 4.82. The van der Waals surface area contributed by atoms with Gasteiger partial charge in [0.05, 0.1) is 11.1 Å².